The molecule has 0 amide bonds. The number of aliphatic hydroxyl groups is 1. The third kappa shape index (κ3) is 2.58. The highest BCUT2D eigenvalue weighted by molar-refractivity contribution is 6.21. The van der Waals surface area contributed by atoms with Crippen molar-refractivity contribution in [2.24, 2.45) is 5.41 Å². The van der Waals surface area contributed by atoms with Crippen molar-refractivity contribution in [3.8, 4) is 0 Å². The van der Waals surface area contributed by atoms with Gasteiger partial charge in [-0.1, -0.05) is 60.7 Å². The molecular formula is C19H16O3. The second kappa shape index (κ2) is 5.60. The van der Waals surface area contributed by atoms with Gasteiger partial charge in [-0.15, -0.1) is 0 Å². The number of ketones is 2. The first kappa shape index (κ1) is 14.3. The van der Waals surface area contributed by atoms with E-state index in [1.807, 2.05) is 12.1 Å². The smallest absolute Gasteiger partial charge is 0.176 e. The topological polar surface area (TPSA) is 54.4 Å². The summed E-state index contributed by atoms with van der Waals surface area (Å²) in [5.74, 6) is -0.573. The lowest BCUT2D eigenvalue weighted by molar-refractivity contribution is -0.117. The van der Waals surface area contributed by atoms with Gasteiger partial charge < -0.3 is 5.11 Å². The monoisotopic (exact) mass is 292 g/mol. The van der Waals surface area contributed by atoms with Crippen LogP contribution in [0.1, 0.15) is 28.8 Å². The fourth-order valence-corrected chi connectivity index (χ4v) is 2.53. The number of Topliss-reactive ketones (excluding diaryl/α,β-unsaturated/α-hetero) is 1. The van der Waals surface area contributed by atoms with Crippen molar-refractivity contribution in [1.82, 2.24) is 0 Å². The zero-order valence-electron chi connectivity index (χ0n) is 12.0. The van der Waals surface area contributed by atoms with Crippen LogP contribution in [0.5, 0.6) is 0 Å². The molecule has 1 N–H and O–H groups in total. The molecule has 0 radical (unpaired) electrons. The van der Waals surface area contributed by atoms with Gasteiger partial charge in [-0.3, -0.25) is 9.59 Å². The second-order valence-corrected chi connectivity index (χ2v) is 5.54. The molecule has 1 fully saturated rings. The van der Waals surface area contributed by atoms with E-state index in [0.29, 0.717) is 24.0 Å². The SMILES string of the molecule is O=C(/C=C(\O)c1ccccc1)C1(C(=O)c2ccccc2)CC1. The first-order chi connectivity index (χ1) is 10.6. The molecule has 1 aliphatic rings. The lowest BCUT2D eigenvalue weighted by Crippen LogP contribution is -2.24. The fraction of sp³-hybridized carbons (Fsp3) is 0.158. The summed E-state index contributed by atoms with van der Waals surface area (Å²) in [6.45, 7) is 0. The van der Waals surface area contributed by atoms with Gasteiger partial charge in [-0.2, -0.15) is 0 Å². The first-order valence-electron chi connectivity index (χ1n) is 7.24. The molecule has 0 saturated heterocycles. The summed E-state index contributed by atoms with van der Waals surface area (Å²) in [6, 6.07) is 17.7. The molecule has 3 rings (SSSR count). The Kier molecular flexibility index (Phi) is 3.63. The molecule has 0 atom stereocenters. The Morgan fingerprint density at radius 1 is 0.864 bits per heavy atom. The lowest BCUT2D eigenvalue weighted by atomic mass is 9.90. The zero-order chi connectivity index (χ0) is 15.6. The van der Waals surface area contributed by atoms with Crippen molar-refractivity contribution < 1.29 is 14.7 Å². The number of rotatable bonds is 5. The molecule has 2 aromatic carbocycles. The lowest BCUT2D eigenvalue weighted by Gasteiger charge is -2.11. The number of allylic oxidation sites excluding steroid dienone is 1. The number of aliphatic hydroxyl groups excluding tert-OH is 1. The Bertz CT molecular complexity index is 726. The molecular weight excluding hydrogens is 276 g/mol. The zero-order valence-corrected chi connectivity index (χ0v) is 12.0. The minimum atomic E-state index is -0.982. The number of hydrogen-bond donors (Lipinski definition) is 1. The predicted octanol–water partition coefficient (Wildman–Crippen LogP) is 3.82. The Morgan fingerprint density at radius 2 is 1.36 bits per heavy atom. The maximum absolute atomic E-state index is 12.6. The average Bonchev–Trinajstić information content (AvgIpc) is 3.37. The van der Waals surface area contributed by atoms with E-state index in [9.17, 15) is 14.7 Å². The molecule has 0 aromatic heterocycles. The Labute approximate surface area is 128 Å². The van der Waals surface area contributed by atoms with Crippen molar-refractivity contribution in [3.05, 3.63) is 77.9 Å². The highest BCUT2D eigenvalue weighted by atomic mass is 16.3. The van der Waals surface area contributed by atoms with Crippen LogP contribution in [0.15, 0.2) is 66.7 Å². The van der Waals surface area contributed by atoms with Gasteiger partial charge in [-0.25, -0.2) is 0 Å². The number of hydrogen-bond acceptors (Lipinski definition) is 3. The van der Waals surface area contributed by atoms with Crippen molar-refractivity contribution in [3.63, 3.8) is 0 Å². The van der Waals surface area contributed by atoms with E-state index in [1.165, 1.54) is 6.08 Å². The number of benzene rings is 2. The van der Waals surface area contributed by atoms with Crippen molar-refractivity contribution in [1.29, 1.82) is 0 Å². The predicted molar refractivity (Wildman–Crippen MR) is 84.5 cm³/mol. The summed E-state index contributed by atoms with van der Waals surface area (Å²) < 4.78 is 0. The summed E-state index contributed by atoms with van der Waals surface area (Å²) in [6.07, 6.45) is 2.26. The molecule has 3 heteroatoms. The van der Waals surface area contributed by atoms with E-state index >= 15 is 0 Å². The molecule has 3 nitrogen and oxygen atoms in total. The second-order valence-electron chi connectivity index (χ2n) is 5.54. The number of carbonyl (C=O) groups excluding carboxylic acids is 2. The maximum Gasteiger partial charge on any atom is 0.176 e. The molecule has 22 heavy (non-hydrogen) atoms. The molecule has 1 saturated carbocycles. The van der Waals surface area contributed by atoms with Gasteiger partial charge in [0, 0.05) is 17.2 Å². The van der Waals surface area contributed by atoms with Crippen LogP contribution < -0.4 is 0 Å². The third-order valence-corrected chi connectivity index (χ3v) is 4.03. The third-order valence-electron chi connectivity index (χ3n) is 4.03. The van der Waals surface area contributed by atoms with Crippen molar-refractivity contribution in [2.45, 2.75) is 12.8 Å². The Hall–Kier alpha value is -2.68. The van der Waals surface area contributed by atoms with E-state index in [4.69, 9.17) is 0 Å². The van der Waals surface area contributed by atoms with Crippen LogP contribution in [0.4, 0.5) is 0 Å². The van der Waals surface area contributed by atoms with Crippen LogP contribution in [0, 0.1) is 5.41 Å². The van der Waals surface area contributed by atoms with Crippen LogP contribution in [-0.2, 0) is 4.79 Å². The maximum atomic E-state index is 12.6. The van der Waals surface area contributed by atoms with Crippen molar-refractivity contribution >= 4 is 17.3 Å². The molecule has 0 unspecified atom stereocenters. The molecule has 2 aromatic rings. The summed E-state index contributed by atoms with van der Waals surface area (Å²) in [4.78, 5) is 25.0. The van der Waals surface area contributed by atoms with Crippen LogP contribution in [0.2, 0.25) is 0 Å². The van der Waals surface area contributed by atoms with Gasteiger partial charge in [0.05, 0.1) is 5.41 Å². The van der Waals surface area contributed by atoms with Crippen LogP contribution in [0.3, 0.4) is 0 Å². The van der Waals surface area contributed by atoms with E-state index in [0.717, 1.165) is 0 Å². The first-order valence-corrected chi connectivity index (χ1v) is 7.24. The van der Waals surface area contributed by atoms with Crippen LogP contribution in [-0.4, -0.2) is 16.7 Å². The van der Waals surface area contributed by atoms with Gasteiger partial charge in [-0.05, 0) is 12.8 Å². The van der Waals surface area contributed by atoms with Crippen LogP contribution in [0.25, 0.3) is 5.76 Å². The van der Waals surface area contributed by atoms with E-state index in [2.05, 4.69) is 0 Å². The fourth-order valence-electron chi connectivity index (χ4n) is 2.53. The van der Waals surface area contributed by atoms with Gasteiger partial charge in [0.2, 0.25) is 0 Å². The molecule has 0 aliphatic heterocycles. The minimum Gasteiger partial charge on any atom is -0.507 e. The van der Waals surface area contributed by atoms with Crippen LogP contribution >= 0.6 is 0 Å². The molecule has 110 valence electrons. The summed E-state index contributed by atoms with van der Waals surface area (Å²) >= 11 is 0. The molecule has 0 bridgehead atoms. The average molecular weight is 292 g/mol. The highest BCUT2D eigenvalue weighted by Gasteiger charge is 2.55. The summed E-state index contributed by atoms with van der Waals surface area (Å²) in [7, 11) is 0. The van der Waals surface area contributed by atoms with Gasteiger partial charge in [0.25, 0.3) is 0 Å². The van der Waals surface area contributed by atoms with Gasteiger partial charge >= 0.3 is 0 Å². The highest BCUT2D eigenvalue weighted by Crippen LogP contribution is 2.49. The summed E-state index contributed by atoms with van der Waals surface area (Å²) in [5.41, 5.74) is 0.129. The largest absolute Gasteiger partial charge is 0.507 e. The molecule has 1 aliphatic carbocycles. The van der Waals surface area contributed by atoms with E-state index < -0.39 is 5.41 Å². The Morgan fingerprint density at radius 3 is 1.86 bits per heavy atom. The molecule has 0 heterocycles. The quantitative estimate of drug-likeness (QED) is 0.394. The number of carbonyl (C=O) groups is 2. The standard InChI is InChI=1S/C19H16O3/c20-16(14-7-3-1-4-8-14)13-17(21)19(11-12-19)18(22)15-9-5-2-6-10-15/h1-10,13,20H,11-12H2/b16-13-. The van der Waals surface area contributed by atoms with Gasteiger partial charge in [0.15, 0.2) is 11.6 Å². The minimum absolute atomic E-state index is 0.0993. The van der Waals surface area contributed by atoms with E-state index in [1.54, 1.807) is 48.5 Å². The van der Waals surface area contributed by atoms with Crippen molar-refractivity contribution in [2.75, 3.05) is 0 Å². The van der Waals surface area contributed by atoms with Gasteiger partial charge in [0.1, 0.15) is 5.76 Å². The van der Waals surface area contributed by atoms with E-state index in [-0.39, 0.29) is 17.3 Å². The summed E-state index contributed by atoms with van der Waals surface area (Å²) in [5, 5.41) is 10.1. The normalized spacial score (nSPS) is 16.1. The molecule has 0 spiro atoms. The Balaban J connectivity index is 1.84.